The van der Waals surface area contributed by atoms with Gasteiger partial charge in [-0.1, -0.05) is 19.3 Å². The van der Waals surface area contributed by atoms with E-state index in [9.17, 15) is 14.7 Å². The molecular weight excluding hydrogens is 384 g/mol. The second kappa shape index (κ2) is 8.63. The molecule has 1 aliphatic heterocycles. The molecule has 8 nitrogen and oxygen atoms in total. The first kappa shape index (κ1) is 20.7. The summed E-state index contributed by atoms with van der Waals surface area (Å²) in [6, 6.07) is 2.98. The van der Waals surface area contributed by atoms with Gasteiger partial charge < -0.3 is 15.2 Å². The molecule has 0 radical (unpaired) electrons. The summed E-state index contributed by atoms with van der Waals surface area (Å²) < 4.78 is 7.88. The second-order valence-corrected chi connectivity index (χ2v) is 8.63. The molecule has 8 heteroatoms. The molecule has 0 bridgehead atoms. The Balaban J connectivity index is 1.49. The molecule has 2 N–H and O–H groups in total. The van der Waals surface area contributed by atoms with Crippen molar-refractivity contribution >= 4 is 17.5 Å². The molecule has 3 heterocycles. The first-order chi connectivity index (χ1) is 14.4. The zero-order chi connectivity index (χ0) is 21.3. The van der Waals surface area contributed by atoms with Crippen LogP contribution in [0.15, 0.2) is 18.3 Å². The molecule has 0 spiro atoms. The summed E-state index contributed by atoms with van der Waals surface area (Å²) in [5, 5.41) is 12.3. The maximum Gasteiger partial charge on any atom is 0.320 e. The first-order valence-electron chi connectivity index (χ1n) is 10.8. The molecule has 2 aromatic rings. The molecule has 0 aromatic carbocycles. The summed E-state index contributed by atoms with van der Waals surface area (Å²) in [4.78, 5) is 30.7. The van der Waals surface area contributed by atoms with E-state index < -0.39 is 12.0 Å². The van der Waals surface area contributed by atoms with E-state index >= 15 is 0 Å². The third-order valence-corrected chi connectivity index (χ3v) is 6.37. The highest BCUT2D eigenvalue weighted by Gasteiger charge is 2.35. The van der Waals surface area contributed by atoms with Crippen LogP contribution in [0, 0.1) is 12.8 Å². The molecule has 0 unspecified atom stereocenters. The Hall–Kier alpha value is -2.61. The third kappa shape index (κ3) is 4.14. The molecule has 1 aliphatic carbocycles. The summed E-state index contributed by atoms with van der Waals surface area (Å²) in [6.07, 6.45) is 8.47. The molecule has 2 atom stereocenters. The average Bonchev–Trinajstić information content (AvgIpc) is 3.26. The molecule has 4 rings (SSSR count). The quantitative estimate of drug-likeness (QED) is 0.754. The van der Waals surface area contributed by atoms with Gasteiger partial charge in [0.05, 0.1) is 12.3 Å². The number of carboxylic acid groups (broad SMARTS) is 1. The molecule has 30 heavy (non-hydrogen) atoms. The van der Waals surface area contributed by atoms with Gasteiger partial charge in [0.2, 0.25) is 0 Å². The molecule has 2 fully saturated rings. The number of amides is 1. The molecule has 2 aliphatic rings. The van der Waals surface area contributed by atoms with Crippen LogP contribution in [-0.2, 0) is 4.79 Å². The Bertz CT molecular complexity index is 935. The van der Waals surface area contributed by atoms with Gasteiger partial charge in [-0.2, -0.15) is 0 Å². The van der Waals surface area contributed by atoms with Crippen LogP contribution < -0.4 is 10.1 Å². The molecule has 1 saturated heterocycles. The summed E-state index contributed by atoms with van der Waals surface area (Å²) in [6.45, 7) is 3.00. The number of nitrogens with zero attached hydrogens (tertiary/aromatic N) is 3. The summed E-state index contributed by atoms with van der Waals surface area (Å²) >= 11 is 0. The zero-order valence-electron chi connectivity index (χ0n) is 17.6. The minimum atomic E-state index is -0.861. The highest BCUT2D eigenvalue weighted by atomic mass is 16.5. The fourth-order valence-corrected chi connectivity index (χ4v) is 4.75. The fraction of sp³-hybridized carbons (Fsp3) is 0.591. The minimum Gasteiger partial charge on any atom is -0.489 e. The van der Waals surface area contributed by atoms with Gasteiger partial charge in [0.1, 0.15) is 11.7 Å². The number of aliphatic carboxylic acids is 1. The van der Waals surface area contributed by atoms with Gasteiger partial charge in [0, 0.05) is 18.8 Å². The topological polar surface area (TPSA) is 96.2 Å². The number of likely N-dealkylation sites (N-methyl/N-ethyl adjacent to an activating group) is 1. The highest BCUT2D eigenvalue weighted by Crippen LogP contribution is 2.27. The number of aryl methyl sites for hydroxylation is 1. The first-order valence-corrected chi connectivity index (χ1v) is 10.8. The average molecular weight is 415 g/mol. The van der Waals surface area contributed by atoms with Gasteiger partial charge in [-0.15, -0.1) is 0 Å². The van der Waals surface area contributed by atoms with Crippen molar-refractivity contribution in [3.8, 4) is 5.75 Å². The summed E-state index contributed by atoms with van der Waals surface area (Å²) in [5.41, 5.74) is 1.74. The van der Waals surface area contributed by atoms with Crippen LogP contribution in [0.1, 0.15) is 54.7 Å². The molecular formula is C22H30N4O4. The number of hydrogen-bond acceptors (Lipinski definition) is 5. The van der Waals surface area contributed by atoms with Crippen molar-refractivity contribution in [1.82, 2.24) is 19.6 Å². The second-order valence-electron chi connectivity index (χ2n) is 8.63. The van der Waals surface area contributed by atoms with Crippen LogP contribution >= 0.6 is 0 Å². The van der Waals surface area contributed by atoms with Crippen molar-refractivity contribution in [3.63, 3.8) is 0 Å². The predicted molar refractivity (Wildman–Crippen MR) is 112 cm³/mol. The Kier molecular flexibility index (Phi) is 5.94. The van der Waals surface area contributed by atoms with E-state index in [1.165, 1.54) is 32.1 Å². The molecule has 1 saturated carbocycles. The maximum atomic E-state index is 13.0. The van der Waals surface area contributed by atoms with Crippen molar-refractivity contribution in [2.45, 2.75) is 57.5 Å². The Morgan fingerprint density at radius 2 is 2.07 bits per heavy atom. The number of imidazole rings is 1. The van der Waals surface area contributed by atoms with Crippen LogP contribution in [0.4, 0.5) is 0 Å². The lowest BCUT2D eigenvalue weighted by Gasteiger charge is -2.21. The van der Waals surface area contributed by atoms with E-state index in [0.29, 0.717) is 48.3 Å². The van der Waals surface area contributed by atoms with Gasteiger partial charge in [-0.05, 0) is 51.3 Å². The number of fused-ring (bicyclic) bond motifs is 1. The van der Waals surface area contributed by atoms with Crippen LogP contribution in [-0.4, -0.2) is 63.6 Å². The van der Waals surface area contributed by atoms with Crippen molar-refractivity contribution < 1.29 is 19.4 Å². The number of carbonyl (C=O) groups is 2. The van der Waals surface area contributed by atoms with Crippen molar-refractivity contribution in [2.75, 3.05) is 20.2 Å². The van der Waals surface area contributed by atoms with Crippen LogP contribution in [0.5, 0.6) is 5.75 Å². The number of carbonyl (C=O) groups excluding carboxylic acids is 1. The van der Waals surface area contributed by atoms with E-state index in [-0.39, 0.29) is 11.9 Å². The Morgan fingerprint density at radius 1 is 1.30 bits per heavy atom. The van der Waals surface area contributed by atoms with Crippen LogP contribution in [0.2, 0.25) is 0 Å². The SMILES string of the molecule is Cc1nc2c(OCC3CCCCC3)cccn2c1C(=O)N[C@H]1C[C@@H](C(=O)O)N(C)C1. The number of hydrogen-bond donors (Lipinski definition) is 2. The van der Waals surface area contributed by atoms with Gasteiger partial charge >= 0.3 is 5.97 Å². The largest absolute Gasteiger partial charge is 0.489 e. The molecule has 1 amide bonds. The lowest BCUT2D eigenvalue weighted by molar-refractivity contribution is -0.141. The maximum absolute atomic E-state index is 13.0. The van der Waals surface area contributed by atoms with Gasteiger partial charge in [-0.25, -0.2) is 4.98 Å². The number of ether oxygens (including phenoxy) is 1. The van der Waals surface area contributed by atoms with E-state index in [2.05, 4.69) is 10.3 Å². The number of nitrogens with one attached hydrogen (secondary N) is 1. The van der Waals surface area contributed by atoms with Crippen molar-refractivity contribution in [3.05, 3.63) is 29.7 Å². The van der Waals surface area contributed by atoms with Gasteiger partial charge in [0.25, 0.3) is 5.91 Å². The molecule has 162 valence electrons. The number of pyridine rings is 1. The van der Waals surface area contributed by atoms with E-state index in [0.717, 1.165) is 0 Å². The fourth-order valence-electron chi connectivity index (χ4n) is 4.75. The summed E-state index contributed by atoms with van der Waals surface area (Å²) in [5.74, 6) is 0.171. The van der Waals surface area contributed by atoms with Crippen LogP contribution in [0.3, 0.4) is 0 Å². The lowest BCUT2D eigenvalue weighted by Crippen LogP contribution is -2.37. The number of aromatic nitrogens is 2. The van der Waals surface area contributed by atoms with Crippen LogP contribution in [0.25, 0.3) is 5.65 Å². The highest BCUT2D eigenvalue weighted by molar-refractivity contribution is 5.95. The Morgan fingerprint density at radius 3 is 2.77 bits per heavy atom. The van der Waals surface area contributed by atoms with Gasteiger partial charge in [-0.3, -0.25) is 18.9 Å². The number of carboxylic acids is 1. The lowest BCUT2D eigenvalue weighted by atomic mass is 9.90. The standard InChI is InChI=1S/C22H30N4O4/c1-14-19(21(27)24-16-11-17(22(28)29)25(2)12-16)26-10-6-9-18(20(26)23-14)30-13-15-7-4-3-5-8-15/h6,9-10,15-17H,3-5,7-8,11-13H2,1-2H3,(H,24,27)(H,28,29)/t16-,17-/m0/s1. The normalized spacial score (nSPS) is 23.0. The van der Waals surface area contributed by atoms with E-state index in [1.807, 2.05) is 25.3 Å². The monoisotopic (exact) mass is 414 g/mol. The smallest absolute Gasteiger partial charge is 0.320 e. The van der Waals surface area contributed by atoms with Gasteiger partial charge in [0.15, 0.2) is 11.4 Å². The molecule has 2 aromatic heterocycles. The zero-order valence-corrected chi connectivity index (χ0v) is 17.6. The predicted octanol–water partition coefficient (Wildman–Crippen LogP) is 2.49. The summed E-state index contributed by atoms with van der Waals surface area (Å²) in [7, 11) is 1.76. The van der Waals surface area contributed by atoms with E-state index in [4.69, 9.17) is 4.74 Å². The number of rotatable bonds is 6. The minimum absolute atomic E-state index is 0.209. The van der Waals surface area contributed by atoms with Crippen molar-refractivity contribution in [1.29, 1.82) is 0 Å². The van der Waals surface area contributed by atoms with Crippen molar-refractivity contribution in [2.24, 2.45) is 5.92 Å². The third-order valence-electron chi connectivity index (χ3n) is 6.37. The Labute approximate surface area is 176 Å². The van der Waals surface area contributed by atoms with E-state index in [1.54, 1.807) is 16.3 Å². The number of likely N-dealkylation sites (tertiary alicyclic amines) is 1.